The van der Waals surface area contributed by atoms with Gasteiger partial charge >= 0.3 is 0 Å². The summed E-state index contributed by atoms with van der Waals surface area (Å²) >= 11 is 0. The Morgan fingerprint density at radius 3 is 2.33 bits per heavy atom. The molecule has 21 heavy (non-hydrogen) atoms. The summed E-state index contributed by atoms with van der Waals surface area (Å²) in [4.78, 5) is 23.5. The fourth-order valence-electron chi connectivity index (χ4n) is 2.80. The van der Waals surface area contributed by atoms with Crippen molar-refractivity contribution in [3.63, 3.8) is 0 Å². The molecule has 0 aliphatic carbocycles. The lowest BCUT2D eigenvalue weighted by molar-refractivity contribution is -0.313. The number of carboxylic acids is 1. The summed E-state index contributed by atoms with van der Waals surface area (Å²) in [5.74, 6) is -2.69. The number of methoxy groups -OCH3 is 1. The summed E-state index contributed by atoms with van der Waals surface area (Å²) in [6.07, 6.45) is 2.31. The maximum atomic E-state index is 12.3. The van der Waals surface area contributed by atoms with Gasteiger partial charge in [0.25, 0.3) is 0 Å². The molecule has 2 heterocycles. The van der Waals surface area contributed by atoms with Gasteiger partial charge in [-0.3, -0.25) is 4.79 Å². The van der Waals surface area contributed by atoms with Crippen molar-refractivity contribution in [2.75, 3.05) is 12.4 Å². The normalized spacial score (nSPS) is 29.4. The minimum atomic E-state index is -1.26. The smallest absolute Gasteiger partial charge is 0.231 e. The van der Waals surface area contributed by atoms with Crippen LogP contribution < -0.4 is 15.2 Å². The van der Waals surface area contributed by atoms with E-state index >= 15 is 0 Å². The minimum Gasteiger partial charge on any atom is -0.550 e. The molecule has 0 radical (unpaired) electrons. The predicted octanol–water partition coefficient (Wildman–Crippen LogP) is -0.0468. The average molecular weight is 288 g/mol. The summed E-state index contributed by atoms with van der Waals surface area (Å²) in [6, 6.07) is 6.80. The summed E-state index contributed by atoms with van der Waals surface area (Å²) in [5.41, 5.74) is 0.574. The topological polar surface area (TPSA) is 87.7 Å². The van der Waals surface area contributed by atoms with Gasteiger partial charge in [0.05, 0.1) is 25.2 Å². The number of fused-ring (bicyclic) bond motifs is 2. The number of hydrogen-bond donors (Lipinski definition) is 1. The number of carbonyl (C=O) groups excluding carboxylic acids is 2. The molecule has 0 spiro atoms. The van der Waals surface area contributed by atoms with Crippen molar-refractivity contribution >= 4 is 17.6 Å². The van der Waals surface area contributed by atoms with Gasteiger partial charge in [-0.25, -0.2) is 0 Å². The molecule has 1 aromatic carbocycles. The number of rotatable bonds is 4. The van der Waals surface area contributed by atoms with Gasteiger partial charge in [-0.2, -0.15) is 0 Å². The third kappa shape index (κ3) is 2.38. The maximum absolute atomic E-state index is 12.3. The van der Waals surface area contributed by atoms with Crippen molar-refractivity contribution in [2.45, 2.75) is 12.2 Å². The van der Waals surface area contributed by atoms with E-state index in [1.807, 2.05) is 0 Å². The number of carbonyl (C=O) groups is 2. The van der Waals surface area contributed by atoms with E-state index < -0.39 is 30.0 Å². The molecule has 1 saturated heterocycles. The Hall–Kier alpha value is -2.34. The van der Waals surface area contributed by atoms with Gasteiger partial charge in [0, 0.05) is 17.6 Å². The molecular formula is C15H14NO5-. The molecule has 110 valence electrons. The van der Waals surface area contributed by atoms with E-state index in [-0.39, 0.29) is 5.91 Å². The van der Waals surface area contributed by atoms with Crippen LogP contribution in [0.4, 0.5) is 5.69 Å². The number of nitrogens with one attached hydrogen (secondary N) is 1. The summed E-state index contributed by atoms with van der Waals surface area (Å²) in [6.45, 7) is 0. The quantitative estimate of drug-likeness (QED) is 0.785. The van der Waals surface area contributed by atoms with E-state index in [1.165, 1.54) is 0 Å². The Balaban J connectivity index is 1.75. The Kier molecular flexibility index (Phi) is 3.39. The third-order valence-corrected chi connectivity index (χ3v) is 3.83. The monoisotopic (exact) mass is 288 g/mol. The van der Waals surface area contributed by atoms with Crippen LogP contribution in [0.5, 0.6) is 5.75 Å². The van der Waals surface area contributed by atoms with Gasteiger partial charge in [-0.15, -0.1) is 0 Å². The first kappa shape index (κ1) is 13.6. The average Bonchev–Trinajstić information content (AvgIpc) is 3.08. The van der Waals surface area contributed by atoms with Crippen LogP contribution in [-0.4, -0.2) is 31.2 Å². The van der Waals surface area contributed by atoms with Crippen LogP contribution in [0.25, 0.3) is 0 Å². The van der Waals surface area contributed by atoms with Crippen molar-refractivity contribution in [1.82, 2.24) is 0 Å². The molecule has 4 atom stereocenters. The largest absolute Gasteiger partial charge is 0.550 e. The molecular weight excluding hydrogens is 274 g/mol. The van der Waals surface area contributed by atoms with Crippen LogP contribution in [-0.2, 0) is 14.3 Å². The zero-order chi connectivity index (χ0) is 15.0. The lowest BCUT2D eigenvalue weighted by atomic mass is 9.82. The fraction of sp³-hybridized carbons (Fsp3) is 0.333. The van der Waals surface area contributed by atoms with Crippen LogP contribution in [0.3, 0.4) is 0 Å². The highest BCUT2D eigenvalue weighted by molar-refractivity contribution is 5.96. The molecule has 2 bridgehead atoms. The second kappa shape index (κ2) is 5.21. The number of hydrogen-bond acceptors (Lipinski definition) is 5. The molecule has 2 aliphatic heterocycles. The maximum Gasteiger partial charge on any atom is 0.231 e. The second-order valence-electron chi connectivity index (χ2n) is 5.04. The molecule has 2 aliphatic rings. The predicted molar refractivity (Wildman–Crippen MR) is 71.4 cm³/mol. The summed E-state index contributed by atoms with van der Waals surface area (Å²) in [5, 5.41) is 13.9. The third-order valence-electron chi connectivity index (χ3n) is 3.83. The van der Waals surface area contributed by atoms with E-state index in [0.29, 0.717) is 11.4 Å². The number of anilines is 1. The summed E-state index contributed by atoms with van der Waals surface area (Å²) in [7, 11) is 1.55. The molecule has 0 aromatic heterocycles. The standard InChI is InChI=1S/C15H15NO5/c1-20-9-4-2-8(3-5-9)16-14(17)12-10-6-7-11(21-10)13(12)15(18)19/h2-7,10-13H,1H3,(H,16,17)(H,18,19)/p-1/t10-,11+,12+,13+/m1/s1. The van der Waals surface area contributed by atoms with Gasteiger partial charge in [0.15, 0.2) is 0 Å². The van der Waals surface area contributed by atoms with Gasteiger partial charge in [-0.1, -0.05) is 12.2 Å². The van der Waals surface area contributed by atoms with Gasteiger partial charge in [0.2, 0.25) is 5.91 Å². The Labute approximate surface area is 121 Å². The van der Waals surface area contributed by atoms with E-state index in [0.717, 1.165) is 0 Å². The van der Waals surface area contributed by atoms with E-state index in [4.69, 9.17) is 9.47 Å². The molecule has 0 unspecified atom stereocenters. The van der Waals surface area contributed by atoms with Gasteiger partial charge < -0.3 is 24.7 Å². The Morgan fingerprint density at radius 2 is 1.76 bits per heavy atom. The van der Waals surface area contributed by atoms with Crippen molar-refractivity contribution in [3.8, 4) is 5.75 Å². The number of ether oxygens (including phenoxy) is 2. The second-order valence-corrected chi connectivity index (χ2v) is 5.04. The first-order valence-electron chi connectivity index (χ1n) is 6.59. The number of benzene rings is 1. The fourth-order valence-corrected chi connectivity index (χ4v) is 2.80. The molecule has 0 saturated carbocycles. The highest BCUT2D eigenvalue weighted by atomic mass is 16.5. The minimum absolute atomic E-state index is 0.383. The zero-order valence-corrected chi connectivity index (χ0v) is 11.3. The van der Waals surface area contributed by atoms with Gasteiger partial charge in [0.1, 0.15) is 5.75 Å². The molecule has 6 heteroatoms. The molecule has 3 rings (SSSR count). The van der Waals surface area contributed by atoms with Crippen molar-refractivity contribution in [3.05, 3.63) is 36.4 Å². The number of amides is 1. The highest BCUT2D eigenvalue weighted by Crippen LogP contribution is 2.39. The van der Waals surface area contributed by atoms with Gasteiger partial charge in [-0.05, 0) is 24.3 Å². The first-order chi connectivity index (χ1) is 10.1. The highest BCUT2D eigenvalue weighted by Gasteiger charge is 2.50. The van der Waals surface area contributed by atoms with E-state index in [9.17, 15) is 14.7 Å². The van der Waals surface area contributed by atoms with Crippen LogP contribution >= 0.6 is 0 Å². The van der Waals surface area contributed by atoms with E-state index in [1.54, 1.807) is 43.5 Å². The van der Waals surface area contributed by atoms with E-state index in [2.05, 4.69) is 5.32 Å². The number of aliphatic carboxylic acids is 1. The van der Waals surface area contributed by atoms with Crippen molar-refractivity contribution in [2.24, 2.45) is 11.8 Å². The lowest BCUT2D eigenvalue weighted by Crippen LogP contribution is -2.45. The molecule has 6 nitrogen and oxygen atoms in total. The first-order valence-corrected chi connectivity index (χ1v) is 6.59. The molecule has 1 aromatic rings. The Bertz CT molecular complexity index is 595. The Morgan fingerprint density at radius 1 is 1.14 bits per heavy atom. The molecule has 1 amide bonds. The number of carboxylic acid groups (broad SMARTS) is 1. The molecule has 1 fully saturated rings. The zero-order valence-electron chi connectivity index (χ0n) is 11.3. The van der Waals surface area contributed by atoms with Crippen LogP contribution in [0, 0.1) is 11.8 Å². The SMILES string of the molecule is COc1ccc(NC(=O)[C@@H]2[C@@H](C(=O)[O-])[C@@H]3C=C[C@H]2O3)cc1. The van der Waals surface area contributed by atoms with Crippen molar-refractivity contribution in [1.29, 1.82) is 0 Å². The van der Waals surface area contributed by atoms with Crippen LogP contribution in [0.2, 0.25) is 0 Å². The molecule has 1 N–H and O–H groups in total. The summed E-state index contributed by atoms with van der Waals surface area (Å²) < 4.78 is 10.5. The van der Waals surface area contributed by atoms with Crippen molar-refractivity contribution < 1.29 is 24.2 Å². The lowest BCUT2D eigenvalue weighted by Gasteiger charge is -2.24. The van der Waals surface area contributed by atoms with Crippen LogP contribution in [0.1, 0.15) is 0 Å². The van der Waals surface area contributed by atoms with Crippen LogP contribution in [0.15, 0.2) is 36.4 Å².